The number of pyridine rings is 1. The largest absolute Gasteiger partial charge is 0.376 e. The summed E-state index contributed by atoms with van der Waals surface area (Å²) in [5.41, 5.74) is 0. The van der Waals surface area contributed by atoms with Crippen molar-refractivity contribution in [2.45, 2.75) is 18.9 Å². The van der Waals surface area contributed by atoms with Gasteiger partial charge in [-0.05, 0) is 25.0 Å². The Bertz CT molecular complexity index is 512. The zero-order valence-corrected chi connectivity index (χ0v) is 13.9. The standard InChI is InChI=1S/C16H22ClN3O3/c17-13-3-4-15(18-10-13)19-5-7-20(8-6-19)16(21)12-22-11-14-2-1-9-23-14/h3-4,10,14H,1-2,5-9,11-12H2/t14-/m0/s1. The van der Waals surface area contributed by atoms with Gasteiger partial charge >= 0.3 is 0 Å². The van der Waals surface area contributed by atoms with Gasteiger partial charge in [-0.1, -0.05) is 11.6 Å². The lowest BCUT2D eigenvalue weighted by molar-refractivity contribution is -0.137. The normalized spacial score (nSPS) is 21.7. The number of anilines is 1. The van der Waals surface area contributed by atoms with Crippen molar-refractivity contribution in [3.05, 3.63) is 23.4 Å². The second-order valence-corrected chi connectivity index (χ2v) is 6.29. The van der Waals surface area contributed by atoms with Gasteiger partial charge in [-0.3, -0.25) is 4.79 Å². The van der Waals surface area contributed by atoms with Crippen molar-refractivity contribution in [1.29, 1.82) is 0 Å². The molecule has 1 amide bonds. The Morgan fingerprint density at radius 1 is 1.35 bits per heavy atom. The first-order chi connectivity index (χ1) is 11.2. The van der Waals surface area contributed by atoms with Gasteiger partial charge in [0.15, 0.2) is 0 Å². The van der Waals surface area contributed by atoms with Crippen LogP contribution in [0.3, 0.4) is 0 Å². The number of hydrogen-bond acceptors (Lipinski definition) is 5. The molecule has 0 spiro atoms. The highest BCUT2D eigenvalue weighted by atomic mass is 35.5. The van der Waals surface area contributed by atoms with E-state index >= 15 is 0 Å². The van der Waals surface area contributed by atoms with Crippen molar-refractivity contribution < 1.29 is 14.3 Å². The molecule has 2 fully saturated rings. The van der Waals surface area contributed by atoms with Gasteiger partial charge < -0.3 is 19.3 Å². The average Bonchev–Trinajstić information content (AvgIpc) is 3.09. The summed E-state index contributed by atoms with van der Waals surface area (Å²) in [7, 11) is 0. The summed E-state index contributed by atoms with van der Waals surface area (Å²) >= 11 is 5.85. The van der Waals surface area contributed by atoms with Gasteiger partial charge in [0, 0.05) is 39.0 Å². The molecule has 7 heteroatoms. The van der Waals surface area contributed by atoms with Crippen molar-refractivity contribution in [3.8, 4) is 0 Å². The number of carbonyl (C=O) groups is 1. The monoisotopic (exact) mass is 339 g/mol. The van der Waals surface area contributed by atoms with Gasteiger partial charge in [-0.15, -0.1) is 0 Å². The number of hydrogen-bond donors (Lipinski definition) is 0. The molecule has 0 unspecified atom stereocenters. The van der Waals surface area contributed by atoms with E-state index in [0.29, 0.717) is 24.7 Å². The molecule has 3 heterocycles. The maximum absolute atomic E-state index is 12.2. The van der Waals surface area contributed by atoms with E-state index in [-0.39, 0.29) is 18.6 Å². The smallest absolute Gasteiger partial charge is 0.248 e. The van der Waals surface area contributed by atoms with E-state index in [9.17, 15) is 4.79 Å². The third-order valence-corrected chi connectivity index (χ3v) is 4.44. The summed E-state index contributed by atoms with van der Waals surface area (Å²) in [5.74, 6) is 0.947. The summed E-state index contributed by atoms with van der Waals surface area (Å²) in [5, 5.41) is 0.631. The molecule has 0 aliphatic carbocycles. The lowest BCUT2D eigenvalue weighted by Gasteiger charge is -2.35. The number of halogens is 1. The van der Waals surface area contributed by atoms with Crippen LogP contribution in [0, 0.1) is 0 Å². The predicted molar refractivity (Wildman–Crippen MR) is 87.8 cm³/mol. The molecule has 23 heavy (non-hydrogen) atoms. The summed E-state index contributed by atoms with van der Waals surface area (Å²) in [6.07, 6.45) is 3.92. The molecule has 1 aromatic heterocycles. The van der Waals surface area contributed by atoms with Crippen LogP contribution in [0.2, 0.25) is 5.02 Å². The molecule has 2 aliphatic heterocycles. The topological polar surface area (TPSA) is 54.9 Å². The van der Waals surface area contributed by atoms with Crippen LogP contribution in [0.15, 0.2) is 18.3 Å². The van der Waals surface area contributed by atoms with E-state index in [1.807, 2.05) is 17.0 Å². The Morgan fingerprint density at radius 2 is 2.17 bits per heavy atom. The van der Waals surface area contributed by atoms with Gasteiger partial charge in [0.25, 0.3) is 0 Å². The third kappa shape index (κ3) is 4.56. The molecule has 0 aromatic carbocycles. The average molecular weight is 340 g/mol. The van der Waals surface area contributed by atoms with Gasteiger partial charge in [-0.2, -0.15) is 0 Å². The summed E-state index contributed by atoms with van der Waals surface area (Å²) in [6, 6.07) is 3.74. The third-order valence-electron chi connectivity index (χ3n) is 4.22. The van der Waals surface area contributed by atoms with E-state index in [0.717, 1.165) is 38.4 Å². The number of carbonyl (C=O) groups excluding carboxylic acids is 1. The van der Waals surface area contributed by atoms with Crippen LogP contribution in [0.5, 0.6) is 0 Å². The molecule has 1 atom stereocenters. The highest BCUT2D eigenvalue weighted by molar-refractivity contribution is 6.30. The Morgan fingerprint density at radius 3 is 2.83 bits per heavy atom. The number of rotatable bonds is 5. The van der Waals surface area contributed by atoms with Crippen LogP contribution in [0.4, 0.5) is 5.82 Å². The molecule has 0 N–H and O–H groups in total. The highest BCUT2D eigenvalue weighted by Gasteiger charge is 2.22. The van der Waals surface area contributed by atoms with Crippen molar-refractivity contribution in [2.75, 3.05) is 50.9 Å². The number of piperazine rings is 1. The molecule has 0 bridgehead atoms. The number of amides is 1. The van der Waals surface area contributed by atoms with Crippen LogP contribution in [0.1, 0.15) is 12.8 Å². The quantitative estimate of drug-likeness (QED) is 0.815. The first kappa shape index (κ1) is 16.5. The molecule has 2 saturated heterocycles. The number of ether oxygens (including phenoxy) is 2. The van der Waals surface area contributed by atoms with E-state index < -0.39 is 0 Å². The highest BCUT2D eigenvalue weighted by Crippen LogP contribution is 2.16. The summed E-state index contributed by atoms with van der Waals surface area (Å²) in [6.45, 7) is 4.37. The first-order valence-corrected chi connectivity index (χ1v) is 8.44. The van der Waals surface area contributed by atoms with E-state index in [1.165, 1.54) is 0 Å². The fourth-order valence-corrected chi connectivity index (χ4v) is 3.00. The van der Waals surface area contributed by atoms with Gasteiger partial charge in [-0.25, -0.2) is 4.98 Å². The van der Waals surface area contributed by atoms with Crippen LogP contribution in [-0.4, -0.2) is 67.9 Å². The zero-order valence-electron chi connectivity index (χ0n) is 13.1. The fraction of sp³-hybridized carbons (Fsp3) is 0.625. The van der Waals surface area contributed by atoms with Gasteiger partial charge in [0.05, 0.1) is 17.7 Å². The maximum Gasteiger partial charge on any atom is 0.248 e. The Labute approximate surface area is 141 Å². The second kappa shape index (κ2) is 7.95. The molecular weight excluding hydrogens is 318 g/mol. The molecule has 1 aromatic rings. The molecule has 126 valence electrons. The lowest BCUT2D eigenvalue weighted by atomic mass is 10.2. The molecular formula is C16H22ClN3O3. The Kier molecular flexibility index (Phi) is 5.70. The van der Waals surface area contributed by atoms with Crippen molar-refractivity contribution >= 4 is 23.3 Å². The number of nitrogens with zero attached hydrogens (tertiary/aromatic N) is 3. The molecule has 2 aliphatic rings. The Hall–Kier alpha value is -1.37. The summed E-state index contributed by atoms with van der Waals surface area (Å²) in [4.78, 5) is 20.5. The lowest BCUT2D eigenvalue weighted by Crippen LogP contribution is -2.50. The second-order valence-electron chi connectivity index (χ2n) is 5.85. The minimum Gasteiger partial charge on any atom is -0.376 e. The molecule has 0 radical (unpaired) electrons. The van der Waals surface area contributed by atoms with Crippen LogP contribution >= 0.6 is 11.6 Å². The van der Waals surface area contributed by atoms with Gasteiger partial charge in [0.2, 0.25) is 5.91 Å². The Balaban J connectivity index is 1.39. The first-order valence-electron chi connectivity index (χ1n) is 8.06. The maximum atomic E-state index is 12.2. The van der Waals surface area contributed by atoms with Crippen LogP contribution in [0.25, 0.3) is 0 Å². The molecule has 3 rings (SSSR count). The van der Waals surface area contributed by atoms with E-state index in [2.05, 4.69) is 9.88 Å². The van der Waals surface area contributed by atoms with E-state index in [1.54, 1.807) is 6.20 Å². The van der Waals surface area contributed by atoms with Crippen LogP contribution < -0.4 is 4.90 Å². The SMILES string of the molecule is O=C(COC[C@@H]1CCCO1)N1CCN(c2ccc(Cl)cn2)CC1. The van der Waals surface area contributed by atoms with Crippen molar-refractivity contribution in [1.82, 2.24) is 9.88 Å². The van der Waals surface area contributed by atoms with Crippen molar-refractivity contribution in [2.24, 2.45) is 0 Å². The van der Waals surface area contributed by atoms with E-state index in [4.69, 9.17) is 21.1 Å². The minimum absolute atomic E-state index is 0.0479. The molecule has 0 saturated carbocycles. The molecule has 6 nitrogen and oxygen atoms in total. The zero-order chi connectivity index (χ0) is 16.1. The van der Waals surface area contributed by atoms with Crippen LogP contribution in [-0.2, 0) is 14.3 Å². The fourth-order valence-electron chi connectivity index (χ4n) is 2.88. The number of aromatic nitrogens is 1. The van der Waals surface area contributed by atoms with Crippen molar-refractivity contribution in [3.63, 3.8) is 0 Å². The minimum atomic E-state index is 0.0479. The predicted octanol–water partition coefficient (Wildman–Crippen LogP) is 1.58. The summed E-state index contributed by atoms with van der Waals surface area (Å²) < 4.78 is 11.0. The van der Waals surface area contributed by atoms with Gasteiger partial charge in [0.1, 0.15) is 12.4 Å².